The number of benzene rings is 1. The van der Waals surface area contributed by atoms with Gasteiger partial charge < -0.3 is 20.1 Å². The molecule has 2 N–H and O–H groups in total. The number of hydrogen-bond donors (Lipinski definition) is 2. The highest BCUT2D eigenvalue weighted by Crippen LogP contribution is 2.26. The summed E-state index contributed by atoms with van der Waals surface area (Å²) in [5, 5.41) is 7.55. The fourth-order valence-corrected chi connectivity index (χ4v) is 4.02. The first-order valence-electron chi connectivity index (χ1n) is 10.2. The molecule has 3 rings (SSSR count). The van der Waals surface area contributed by atoms with Crippen molar-refractivity contribution in [2.45, 2.75) is 50.3 Å². The zero-order chi connectivity index (χ0) is 22.2. The molecule has 2 aliphatic rings. The summed E-state index contributed by atoms with van der Waals surface area (Å²) in [6.07, 6.45) is 7.01. The van der Waals surface area contributed by atoms with Crippen LogP contribution in [0.15, 0.2) is 46.5 Å². The summed E-state index contributed by atoms with van der Waals surface area (Å²) in [4.78, 5) is 24.3. The van der Waals surface area contributed by atoms with Gasteiger partial charge in [0.15, 0.2) is 6.61 Å². The summed E-state index contributed by atoms with van der Waals surface area (Å²) in [7, 11) is 0. The van der Waals surface area contributed by atoms with E-state index < -0.39 is 0 Å². The van der Waals surface area contributed by atoms with Crippen LogP contribution in [0.2, 0.25) is 5.02 Å². The quantitative estimate of drug-likeness (QED) is 0.573. The number of halogens is 3. The summed E-state index contributed by atoms with van der Waals surface area (Å²) >= 11 is 17.7. The molecule has 0 saturated heterocycles. The zero-order valence-corrected chi connectivity index (χ0v) is 19.2. The lowest BCUT2D eigenvalue weighted by molar-refractivity contribution is -0.128. The lowest BCUT2D eigenvalue weighted by Crippen LogP contribution is -2.45. The lowest BCUT2D eigenvalue weighted by atomic mass is 9.91. The van der Waals surface area contributed by atoms with Gasteiger partial charge in [0.05, 0.1) is 16.2 Å². The van der Waals surface area contributed by atoms with E-state index in [4.69, 9.17) is 44.3 Å². The van der Waals surface area contributed by atoms with Gasteiger partial charge in [0.2, 0.25) is 5.91 Å². The third kappa shape index (κ3) is 8.04. The Balaban J connectivity index is 1.29. The highest BCUT2D eigenvalue weighted by molar-refractivity contribution is 6.44. The molecule has 1 fully saturated rings. The molecule has 6 nitrogen and oxygen atoms in total. The van der Waals surface area contributed by atoms with Crippen LogP contribution in [0, 0.1) is 0 Å². The van der Waals surface area contributed by atoms with Crippen LogP contribution in [-0.4, -0.2) is 43.2 Å². The summed E-state index contributed by atoms with van der Waals surface area (Å²) in [6, 6.07) is 7.02. The summed E-state index contributed by atoms with van der Waals surface area (Å²) in [5.41, 5.74) is 0. The number of rotatable bonds is 8. The number of carbonyl (C=O) groups is 2. The van der Waals surface area contributed by atoms with Crippen molar-refractivity contribution in [3.05, 3.63) is 51.5 Å². The van der Waals surface area contributed by atoms with Gasteiger partial charge in [-0.2, -0.15) is 0 Å². The number of amides is 2. The van der Waals surface area contributed by atoms with E-state index in [1.807, 2.05) is 0 Å². The van der Waals surface area contributed by atoms with Crippen LogP contribution in [-0.2, 0) is 14.3 Å². The van der Waals surface area contributed by atoms with Crippen molar-refractivity contribution in [2.75, 3.05) is 13.2 Å². The molecule has 1 atom stereocenters. The third-order valence-corrected chi connectivity index (χ3v) is 6.20. The Morgan fingerprint density at radius 3 is 2.03 bits per heavy atom. The Morgan fingerprint density at radius 1 is 0.871 bits per heavy atom. The molecule has 31 heavy (non-hydrogen) atoms. The van der Waals surface area contributed by atoms with Gasteiger partial charge in [0.25, 0.3) is 5.91 Å². The fourth-order valence-electron chi connectivity index (χ4n) is 3.53. The second kappa shape index (κ2) is 11.8. The maximum atomic E-state index is 12.2. The van der Waals surface area contributed by atoms with Crippen LogP contribution in [0.3, 0.4) is 0 Å². The van der Waals surface area contributed by atoms with Gasteiger partial charge in [-0.25, -0.2) is 0 Å². The van der Waals surface area contributed by atoms with Gasteiger partial charge in [0.1, 0.15) is 12.4 Å². The molecule has 0 aromatic heterocycles. The number of hydrogen-bond acceptors (Lipinski definition) is 4. The average Bonchev–Trinajstić information content (AvgIpc) is 2.75. The number of carbonyl (C=O) groups excluding carboxylic acids is 2. The monoisotopic (exact) mass is 486 g/mol. The minimum atomic E-state index is -0.248. The second-order valence-electron chi connectivity index (χ2n) is 7.58. The normalized spacial score (nSPS) is 23.4. The van der Waals surface area contributed by atoms with E-state index in [1.165, 1.54) is 0 Å². The van der Waals surface area contributed by atoms with E-state index in [0.29, 0.717) is 27.3 Å². The predicted molar refractivity (Wildman–Crippen MR) is 122 cm³/mol. The Hall–Kier alpha value is -1.73. The number of ether oxygens (including phenoxy) is 2. The van der Waals surface area contributed by atoms with Crippen LogP contribution in [0.4, 0.5) is 0 Å². The first-order valence-corrected chi connectivity index (χ1v) is 11.3. The van der Waals surface area contributed by atoms with Crippen LogP contribution in [0.1, 0.15) is 32.1 Å². The molecule has 168 valence electrons. The first kappa shape index (κ1) is 23.9. The molecule has 1 aromatic carbocycles. The Morgan fingerprint density at radius 2 is 1.45 bits per heavy atom. The van der Waals surface area contributed by atoms with E-state index >= 15 is 0 Å². The van der Waals surface area contributed by atoms with Gasteiger partial charge in [-0.05, 0) is 62.4 Å². The van der Waals surface area contributed by atoms with Gasteiger partial charge >= 0.3 is 0 Å². The Labute approximate surface area is 196 Å². The molecule has 1 aromatic rings. The molecule has 0 spiro atoms. The van der Waals surface area contributed by atoms with E-state index in [9.17, 15) is 9.59 Å². The van der Waals surface area contributed by atoms with Crippen LogP contribution < -0.4 is 15.4 Å². The van der Waals surface area contributed by atoms with Crippen molar-refractivity contribution >= 4 is 46.6 Å². The van der Waals surface area contributed by atoms with Crippen LogP contribution in [0.5, 0.6) is 5.75 Å². The smallest absolute Gasteiger partial charge is 0.258 e. The van der Waals surface area contributed by atoms with Crippen molar-refractivity contribution in [1.29, 1.82) is 0 Å². The highest BCUT2D eigenvalue weighted by atomic mass is 35.5. The van der Waals surface area contributed by atoms with Gasteiger partial charge in [-0.3, -0.25) is 9.59 Å². The van der Waals surface area contributed by atoms with Crippen LogP contribution >= 0.6 is 34.8 Å². The lowest BCUT2D eigenvalue weighted by Gasteiger charge is -2.29. The van der Waals surface area contributed by atoms with Crippen molar-refractivity contribution in [2.24, 2.45) is 0 Å². The summed E-state index contributed by atoms with van der Waals surface area (Å²) in [5.74, 6) is 0.275. The number of nitrogens with one attached hydrogen (secondary N) is 2. The highest BCUT2D eigenvalue weighted by Gasteiger charge is 2.24. The molecular weight excluding hydrogens is 463 g/mol. The molecule has 1 unspecified atom stereocenters. The zero-order valence-electron chi connectivity index (χ0n) is 16.9. The molecule has 9 heteroatoms. The molecule has 0 heterocycles. The SMILES string of the molecule is O=C(COc1ccc(Cl)cc1)NC1CCC(NC(=O)COC2C=C(Cl)C(Cl)=CC2)CC1. The van der Waals surface area contributed by atoms with Crippen LogP contribution in [0.25, 0.3) is 0 Å². The largest absolute Gasteiger partial charge is 0.484 e. The molecule has 0 radical (unpaired) electrons. The van der Waals surface area contributed by atoms with Gasteiger partial charge in [-0.1, -0.05) is 40.9 Å². The van der Waals surface area contributed by atoms with E-state index in [-0.39, 0.29) is 43.2 Å². The minimum absolute atomic E-state index is 0.0322. The number of allylic oxidation sites excluding steroid dienone is 2. The Kier molecular flexibility index (Phi) is 9.08. The summed E-state index contributed by atoms with van der Waals surface area (Å²) in [6.45, 7) is -0.0782. The second-order valence-corrected chi connectivity index (χ2v) is 8.83. The van der Waals surface area contributed by atoms with Gasteiger partial charge in [-0.15, -0.1) is 0 Å². The van der Waals surface area contributed by atoms with E-state index in [2.05, 4.69) is 10.6 Å². The molecule has 0 bridgehead atoms. The minimum Gasteiger partial charge on any atom is -0.484 e. The maximum absolute atomic E-state index is 12.2. The topological polar surface area (TPSA) is 76.7 Å². The van der Waals surface area contributed by atoms with E-state index in [1.54, 1.807) is 36.4 Å². The average molecular weight is 488 g/mol. The van der Waals surface area contributed by atoms with Crippen molar-refractivity contribution in [1.82, 2.24) is 10.6 Å². The maximum Gasteiger partial charge on any atom is 0.258 e. The van der Waals surface area contributed by atoms with Crippen molar-refractivity contribution < 1.29 is 19.1 Å². The molecule has 2 amide bonds. The van der Waals surface area contributed by atoms with Crippen molar-refractivity contribution in [3.63, 3.8) is 0 Å². The van der Waals surface area contributed by atoms with Gasteiger partial charge in [0, 0.05) is 17.1 Å². The Bertz CT molecular complexity index is 834. The molecule has 1 saturated carbocycles. The van der Waals surface area contributed by atoms with E-state index in [0.717, 1.165) is 25.7 Å². The molecule has 2 aliphatic carbocycles. The summed E-state index contributed by atoms with van der Waals surface area (Å²) < 4.78 is 11.1. The predicted octanol–water partition coefficient (Wildman–Crippen LogP) is 4.30. The third-order valence-electron chi connectivity index (χ3n) is 5.16. The standard InChI is InChI=1S/C22H25Cl3N2O4/c23-14-1-7-17(8-2-14)30-12-21(28)26-15-3-5-16(6-4-15)27-22(29)13-31-18-9-10-19(24)20(25)11-18/h1-2,7-8,10-11,15-16,18H,3-6,9,12-13H2,(H,26,28)(H,27,29). The fraction of sp³-hybridized carbons (Fsp3) is 0.455. The molecular formula is C22H25Cl3N2O4. The first-order chi connectivity index (χ1) is 14.9. The van der Waals surface area contributed by atoms with Crippen molar-refractivity contribution in [3.8, 4) is 5.75 Å². The molecule has 0 aliphatic heterocycles.